The molecule has 4 N–H and O–H groups in total. The van der Waals surface area contributed by atoms with Gasteiger partial charge in [0.25, 0.3) is 0 Å². The van der Waals surface area contributed by atoms with Gasteiger partial charge in [-0.3, -0.25) is 9.59 Å². The molecule has 40 heavy (non-hydrogen) atoms. The zero-order valence-corrected chi connectivity index (χ0v) is 22.9. The fourth-order valence-corrected chi connectivity index (χ4v) is 5.08. The lowest BCUT2D eigenvalue weighted by molar-refractivity contribution is -0.130. The van der Waals surface area contributed by atoms with Gasteiger partial charge in [-0.25, -0.2) is 4.79 Å². The van der Waals surface area contributed by atoms with Crippen LogP contribution in [0.4, 0.5) is 4.79 Å². The van der Waals surface area contributed by atoms with Gasteiger partial charge < -0.3 is 25.8 Å². The summed E-state index contributed by atoms with van der Waals surface area (Å²) >= 11 is 0. The molecule has 0 fully saturated rings. The fourth-order valence-electron chi connectivity index (χ4n) is 5.08. The molecule has 8 nitrogen and oxygen atoms in total. The Labute approximate surface area is 235 Å². The fraction of sp³-hybridized carbons (Fsp3) is 0.344. The van der Waals surface area contributed by atoms with Crippen LogP contribution in [0.2, 0.25) is 0 Å². The van der Waals surface area contributed by atoms with Crippen LogP contribution in [-0.4, -0.2) is 54.9 Å². The summed E-state index contributed by atoms with van der Waals surface area (Å²) in [6, 6.07) is 24.4. The van der Waals surface area contributed by atoms with Gasteiger partial charge in [-0.15, -0.1) is 0 Å². The lowest BCUT2D eigenvalue weighted by Gasteiger charge is -2.26. The van der Waals surface area contributed by atoms with Crippen molar-refractivity contribution in [2.45, 2.75) is 44.7 Å². The molecule has 1 aliphatic rings. The van der Waals surface area contributed by atoms with E-state index < -0.39 is 24.1 Å². The van der Waals surface area contributed by atoms with Crippen LogP contribution in [0.3, 0.4) is 0 Å². The minimum Gasteiger partial charge on any atom is -0.449 e. The van der Waals surface area contributed by atoms with Crippen molar-refractivity contribution in [1.82, 2.24) is 16.0 Å². The van der Waals surface area contributed by atoms with E-state index in [0.29, 0.717) is 12.8 Å². The van der Waals surface area contributed by atoms with E-state index in [9.17, 15) is 19.5 Å². The summed E-state index contributed by atoms with van der Waals surface area (Å²) in [6.45, 7) is 3.38. The predicted octanol–water partition coefficient (Wildman–Crippen LogP) is 3.78. The monoisotopic (exact) mass is 543 g/mol. The van der Waals surface area contributed by atoms with Crippen LogP contribution in [-0.2, 0) is 20.7 Å². The third-order valence-electron chi connectivity index (χ3n) is 7.44. The van der Waals surface area contributed by atoms with Crippen molar-refractivity contribution in [3.8, 4) is 11.1 Å². The first-order valence-corrected chi connectivity index (χ1v) is 13.7. The summed E-state index contributed by atoms with van der Waals surface area (Å²) in [7, 11) is 0. The van der Waals surface area contributed by atoms with Gasteiger partial charge in [0.2, 0.25) is 11.8 Å². The number of benzene rings is 3. The maximum absolute atomic E-state index is 13.1. The number of rotatable bonds is 12. The van der Waals surface area contributed by atoms with Crippen LogP contribution < -0.4 is 16.0 Å². The van der Waals surface area contributed by atoms with Crippen LogP contribution in [0.5, 0.6) is 0 Å². The van der Waals surface area contributed by atoms with Crippen LogP contribution in [0.25, 0.3) is 11.1 Å². The smallest absolute Gasteiger partial charge is 0.407 e. The Balaban J connectivity index is 1.28. The molecule has 0 aromatic heterocycles. The molecule has 210 valence electrons. The number of alkyl carbamates (subject to hydrolysis) is 1. The topological polar surface area (TPSA) is 117 Å². The zero-order valence-electron chi connectivity index (χ0n) is 22.9. The van der Waals surface area contributed by atoms with E-state index in [1.807, 2.05) is 80.6 Å². The van der Waals surface area contributed by atoms with E-state index in [4.69, 9.17) is 4.74 Å². The molecule has 3 amide bonds. The van der Waals surface area contributed by atoms with Gasteiger partial charge in [0.15, 0.2) is 0 Å². The number of amides is 3. The number of aliphatic hydroxyl groups excluding tert-OH is 1. The molecule has 4 rings (SSSR count). The van der Waals surface area contributed by atoms with Crippen molar-refractivity contribution in [3.05, 3.63) is 95.6 Å². The summed E-state index contributed by atoms with van der Waals surface area (Å²) in [5.41, 5.74) is 5.45. The quantitative estimate of drug-likeness (QED) is 0.278. The van der Waals surface area contributed by atoms with Gasteiger partial charge in [-0.1, -0.05) is 99.1 Å². The SMILES string of the molecule is CC[C@H](C)[C@H](NC(=O)CNC(=O)OCC1c2ccccc2-c2ccccc21)C(=O)N[C@H](CO)Cc1ccccc1. The lowest BCUT2D eigenvalue weighted by Crippen LogP contribution is -2.55. The summed E-state index contributed by atoms with van der Waals surface area (Å²) in [6.07, 6.45) is 0.415. The number of nitrogens with one attached hydrogen (secondary N) is 3. The number of carbonyl (C=O) groups is 3. The average Bonchev–Trinajstić information content (AvgIpc) is 3.31. The Morgan fingerprint density at radius 2 is 1.48 bits per heavy atom. The largest absolute Gasteiger partial charge is 0.449 e. The van der Waals surface area contributed by atoms with Crippen molar-refractivity contribution in [2.75, 3.05) is 19.8 Å². The normalized spacial score (nSPS) is 14.3. The molecule has 0 aliphatic heterocycles. The molecule has 3 aromatic rings. The molecule has 0 heterocycles. The second kappa shape index (κ2) is 13.8. The van der Waals surface area contributed by atoms with E-state index >= 15 is 0 Å². The molecule has 3 atom stereocenters. The Kier molecular flexibility index (Phi) is 9.91. The van der Waals surface area contributed by atoms with E-state index in [1.165, 1.54) is 0 Å². The standard InChI is InChI=1S/C32H37N3O5/c1-3-21(2)30(31(38)34-23(19-36)17-22-11-5-4-6-12-22)35-29(37)18-33-32(39)40-20-28-26-15-9-7-13-24(26)25-14-8-10-16-27(25)28/h4-16,21,23,28,30,36H,3,17-20H2,1-2H3,(H,33,39)(H,34,38)(H,35,37)/t21-,23-,30-/m0/s1. The van der Waals surface area contributed by atoms with Crippen molar-refractivity contribution in [1.29, 1.82) is 0 Å². The number of aliphatic hydroxyl groups is 1. The van der Waals surface area contributed by atoms with E-state index in [0.717, 1.165) is 27.8 Å². The molecule has 0 spiro atoms. The number of ether oxygens (including phenoxy) is 1. The summed E-state index contributed by atoms with van der Waals surface area (Å²) in [5, 5.41) is 17.9. The summed E-state index contributed by atoms with van der Waals surface area (Å²) in [4.78, 5) is 38.3. The van der Waals surface area contributed by atoms with Crippen molar-refractivity contribution in [2.24, 2.45) is 5.92 Å². The molecule has 0 bridgehead atoms. The number of hydrogen-bond acceptors (Lipinski definition) is 5. The Morgan fingerprint density at radius 3 is 2.08 bits per heavy atom. The molecular weight excluding hydrogens is 506 g/mol. The first-order chi connectivity index (χ1) is 19.4. The number of carbonyl (C=O) groups excluding carboxylic acids is 3. The van der Waals surface area contributed by atoms with Crippen LogP contribution in [0, 0.1) is 5.92 Å². The molecule has 1 aliphatic carbocycles. The number of fused-ring (bicyclic) bond motifs is 3. The van der Waals surface area contributed by atoms with Crippen LogP contribution >= 0.6 is 0 Å². The average molecular weight is 544 g/mol. The predicted molar refractivity (Wildman–Crippen MR) is 154 cm³/mol. The Bertz CT molecular complexity index is 1270. The highest BCUT2D eigenvalue weighted by Gasteiger charge is 2.30. The molecule has 0 unspecified atom stereocenters. The zero-order chi connectivity index (χ0) is 28.5. The van der Waals surface area contributed by atoms with Crippen LogP contribution in [0.1, 0.15) is 42.9 Å². The van der Waals surface area contributed by atoms with Gasteiger partial charge in [-0.05, 0) is 40.2 Å². The first-order valence-electron chi connectivity index (χ1n) is 13.7. The van der Waals surface area contributed by atoms with E-state index in [-0.39, 0.29) is 37.5 Å². The minimum absolute atomic E-state index is 0.0826. The second-order valence-electron chi connectivity index (χ2n) is 10.2. The highest BCUT2D eigenvalue weighted by atomic mass is 16.5. The van der Waals surface area contributed by atoms with Gasteiger partial charge in [-0.2, -0.15) is 0 Å². The lowest BCUT2D eigenvalue weighted by atomic mass is 9.97. The minimum atomic E-state index is -0.813. The molecular formula is C32H37N3O5. The van der Waals surface area contributed by atoms with Gasteiger partial charge in [0.05, 0.1) is 12.6 Å². The molecule has 0 saturated heterocycles. The van der Waals surface area contributed by atoms with Crippen LogP contribution in [0.15, 0.2) is 78.9 Å². The van der Waals surface area contributed by atoms with E-state index in [2.05, 4.69) is 28.1 Å². The van der Waals surface area contributed by atoms with Crippen molar-refractivity contribution in [3.63, 3.8) is 0 Å². The van der Waals surface area contributed by atoms with Crippen molar-refractivity contribution >= 4 is 17.9 Å². The Morgan fingerprint density at radius 1 is 0.875 bits per heavy atom. The second-order valence-corrected chi connectivity index (χ2v) is 10.2. The maximum Gasteiger partial charge on any atom is 0.407 e. The highest BCUT2D eigenvalue weighted by molar-refractivity contribution is 5.89. The van der Waals surface area contributed by atoms with Gasteiger partial charge in [0, 0.05) is 5.92 Å². The molecule has 8 heteroatoms. The molecule has 0 radical (unpaired) electrons. The maximum atomic E-state index is 13.1. The summed E-state index contributed by atoms with van der Waals surface area (Å²) < 4.78 is 5.50. The number of hydrogen-bond donors (Lipinski definition) is 4. The van der Waals surface area contributed by atoms with Gasteiger partial charge >= 0.3 is 6.09 Å². The first kappa shape index (κ1) is 28.8. The third-order valence-corrected chi connectivity index (χ3v) is 7.44. The van der Waals surface area contributed by atoms with Crippen molar-refractivity contribution < 1.29 is 24.2 Å². The highest BCUT2D eigenvalue weighted by Crippen LogP contribution is 2.44. The third kappa shape index (κ3) is 7.07. The molecule has 0 saturated carbocycles. The van der Waals surface area contributed by atoms with E-state index in [1.54, 1.807) is 0 Å². The molecule has 3 aromatic carbocycles. The Hall–Kier alpha value is -4.17. The summed E-state index contributed by atoms with van der Waals surface area (Å²) in [5.74, 6) is -1.12. The van der Waals surface area contributed by atoms with Gasteiger partial charge in [0.1, 0.15) is 19.2 Å².